The highest BCUT2D eigenvalue weighted by atomic mass is 79.9. The van der Waals surface area contributed by atoms with E-state index >= 15 is 0 Å². The van der Waals surface area contributed by atoms with Gasteiger partial charge in [-0.1, -0.05) is 70.5 Å². The Kier molecular flexibility index (Phi) is 4.07. The van der Waals surface area contributed by atoms with Crippen LogP contribution in [0.15, 0.2) is 71.2 Å². The highest BCUT2D eigenvalue weighted by Gasteiger charge is 2.05. The molecular formula is C19H15BrO. The number of allylic oxidation sites excluding steroid dienone is 1. The van der Waals surface area contributed by atoms with Gasteiger partial charge in [-0.15, -0.1) is 0 Å². The fourth-order valence-corrected chi connectivity index (χ4v) is 2.82. The van der Waals surface area contributed by atoms with Gasteiger partial charge in [-0.25, -0.2) is 0 Å². The first-order valence-corrected chi connectivity index (χ1v) is 7.65. The normalized spacial score (nSPS) is 11.3. The Morgan fingerprint density at radius 2 is 1.76 bits per heavy atom. The Hall–Kier alpha value is -2.06. The molecule has 21 heavy (non-hydrogen) atoms. The minimum Gasteiger partial charge on any atom is -0.508 e. The van der Waals surface area contributed by atoms with Gasteiger partial charge in [0.2, 0.25) is 0 Å². The van der Waals surface area contributed by atoms with Crippen molar-refractivity contribution in [2.45, 2.75) is 6.42 Å². The van der Waals surface area contributed by atoms with Crippen molar-refractivity contribution >= 4 is 32.8 Å². The molecule has 0 spiro atoms. The highest BCUT2D eigenvalue weighted by molar-refractivity contribution is 9.10. The van der Waals surface area contributed by atoms with Crippen molar-refractivity contribution < 1.29 is 5.11 Å². The van der Waals surface area contributed by atoms with Crippen LogP contribution in [0, 0.1) is 0 Å². The molecule has 0 saturated carbocycles. The van der Waals surface area contributed by atoms with Crippen LogP contribution in [0.1, 0.15) is 11.1 Å². The first-order chi connectivity index (χ1) is 10.2. The summed E-state index contributed by atoms with van der Waals surface area (Å²) in [6.45, 7) is 0. The van der Waals surface area contributed by atoms with E-state index in [1.807, 2.05) is 36.4 Å². The molecule has 1 nitrogen and oxygen atoms in total. The molecule has 0 fully saturated rings. The molecular weight excluding hydrogens is 324 g/mol. The van der Waals surface area contributed by atoms with Gasteiger partial charge in [-0.2, -0.15) is 0 Å². The minimum atomic E-state index is 0.350. The van der Waals surface area contributed by atoms with E-state index in [1.165, 1.54) is 5.56 Å². The molecule has 0 unspecified atom stereocenters. The molecule has 0 amide bonds. The zero-order chi connectivity index (χ0) is 14.7. The lowest BCUT2D eigenvalue weighted by Crippen LogP contribution is -1.86. The van der Waals surface area contributed by atoms with Crippen LogP contribution in [-0.2, 0) is 6.42 Å². The van der Waals surface area contributed by atoms with Crippen LogP contribution in [0.4, 0.5) is 0 Å². The van der Waals surface area contributed by atoms with Crippen molar-refractivity contribution in [2.75, 3.05) is 0 Å². The fraction of sp³-hybridized carbons (Fsp3) is 0.0526. The second-order valence-corrected chi connectivity index (χ2v) is 5.86. The summed E-state index contributed by atoms with van der Waals surface area (Å²) in [7, 11) is 0. The smallest absolute Gasteiger partial charge is 0.119 e. The van der Waals surface area contributed by atoms with E-state index in [9.17, 15) is 5.11 Å². The quantitative estimate of drug-likeness (QED) is 0.662. The van der Waals surface area contributed by atoms with Crippen molar-refractivity contribution in [2.24, 2.45) is 0 Å². The molecule has 104 valence electrons. The lowest BCUT2D eigenvalue weighted by atomic mass is 10.0. The van der Waals surface area contributed by atoms with E-state index in [1.54, 1.807) is 6.07 Å². The maximum absolute atomic E-state index is 10.1. The molecule has 0 aromatic heterocycles. The Morgan fingerprint density at radius 3 is 2.57 bits per heavy atom. The number of phenols is 1. The Morgan fingerprint density at radius 1 is 0.952 bits per heavy atom. The Bertz CT molecular complexity index is 791. The number of hydrogen-bond acceptors (Lipinski definition) is 1. The van der Waals surface area contributed by atoms with Crippen LogP contribution in [0.3, 0.4) is 0 Å². The van der Waals surface area contributed by atoms with Crippen LogP contribution < -0.4 is 0 Å². The number of aromatic hydroxyl groups is 1. The Labute approximate surface area is 132 Å². The van der Waals surface area contributed by atoms with Crippen molar-refractivity contribution in [3.63, 3.8) is 0 Å². The molecule has 2 heteroatoms. The molecule has 0 radical (unpaired) electrons. The van der Waals surface area contributed by atoms with Crippen molar-refractivity contribution in [3.8, 4) is 5.75 Å². The number of rotatable bonds is 3. The minimum absolute atomic E-state index is 0.350. The van der Waals surface area contributed by atoms with E-state index < -0.39 is 0 Å². The number of fused-ring (bicyclic) bond motifs is 1. The van der Waals surface area contributed by atoms with Crippen LogP contribution >= 0.6 is 15.9 Å². The van der Waals surface area contributed by atoms with E-state index in [-0.39, 0.29) is 0 Å². The van der Waals surface area contributed by atoms with Crippen molar-refractivity contribution in [1.82, 2.24) is 0 Å². The van der Waals surface area contributed by atoms with E-state index in [0.717, 1.165) is 20.8 Å². The van der Waals surface area contributed by atoms with E-state index in [2.05, 4.69) is 46.3 Å². The van der Waals surface area contributed by atoms with Gasteiger partial charge in [0.05, 0.1) is 0 Å². The second kappa shape index (κ2) is 6.15. The summed E-state index contributed by atoms with van der Waals surface area (Å²) >= 11 is 3.48. The summed E-state index contributed by atoms with van der Waals surface area (Å²) in [6.07, 6.45) is 4.88. The zero-order valence-electron chi connectivity index (χ0n) is 11.5. The number of hydrogen-bond donors (Lipinski definition) is 1. The van der Waals surface area contributed by atoms with Crippen LogP contribution in [0.5, 0.6) is 5.75 Å². The SMILES string of the molecule is Oc1ccc2cc(Br)ccc2c1C/C=C/c1ccccc1. The average molecular weight is 339 g/mol. The van der Waals surface area contributed by atoms with Gasteiger partial charge in [-0.3, -0.25) is 0 Å². The fourth-order valence-electron chi connectivity index (χ4n) is 2.45. The number of halogens is 1. The average Bonchev–Trinajstić information content (AvgIpc) is 2.50. The van der Waals surface area contributed by atoms with Crippen LogP contribution in [-0.4, -0.2) is 5.11 Å². The zero-order valence-corrected chi connectivity index (χ0v) is 13.0. The number of benzene rings is 3. The molecule has 0 heterocycles. The summed E-state index contributed by atoms with van der Waals surface area (Å²) in [4.78, 5) is 0. The second-order valence-electron chi connectivity index (χ2n) is 4.95. The highest BCUT2D eigenvalue weighted by Crippen LogP contribution is 2.30. The molecule has 0 aliphatic rings. The predicted molar refractivity (Wildman–Crippen MR) is 92.5 cm³/mol. The predicted octanol–water partition coefficient (Wildman–Crippen LogP) is 5.56. The summed E-state index contributed by atoms with van der Waals surface area (Å²) in [5.74, 6) is 0.350. The third kappa shape index (κ3) is 3.17. The molecule has 1 N–H and O–H groups in total. The van der Waals surface area contributed by atoms with Gasteiger partial charge in [0, 0.05) is 10.0 Å². The van der Waals surface area contributed by atoms with Gasteiger partial charge in [0.25, 0.3) is 0 Å². The van der Waals surface area contributed by atoms with Gasteiger partial charge in [0.1, 0.15) is 5.75 Å². The van der Waals surface area contributed by atoms with Gasteiger partial charge in [-0.05, 0) is 41.0 Å². The summed E-state index contributed by atoms with van der Waals surface area (Å²) in [5.41, 5.74) is 2.13. The van der Waals surface area contributed by atoms with Crippen molar-refractivity contribution in [3.05, 3.63) is 82.3 Å². The third-order valence-electron chi connectivity index (χ3n) is 3.50. The number of phenolic OH excluding ortho intramolecular Hbond substituents is 1. The molecule has 3 aromatic carbocycles. The molecule has 3 rings (SSSR count). The van der Waals surface area contributed by atoms with Gasteiger partial charge in [0.15, 0.2) is 0 Å². The molecule has 0 saturated heterocycles. The molecule has 0 aliphatic heterocycles. The summed E-state index contributed by atoms with van der Waals surface area (Å²) in [5, 5.41) is 12.4. The summed E-state index contributed by atoms with van der Waals surface area (Å²) in [6, 6.07) is 20.0. The van der Waals surface area contributed by atoms with Crippen LogP contribution in [0.25, 0.3) is 16.8 Å². The molecule has 0 bridgehead atoms. The molecule has 0 aliphatic carbocycles. The largest absolute Gasteiger partial charge is 0.508 e. The van der Waals surface area contributed by atoms with Gasteiger partial charge < -0.3 is 5.11 Å². The lowest BCUT2D eigenvalue weighted by molar-refractivity contribution is 0.471. The van der Waals surface area contributed by atoms with E-state index in [4.69, 9.17) is 0 Å². The third-order valence-corrected chi connectivity index (χ3v) is 3.99. The first kappa shape index (κ1) is 13.9. The van der Waals surface area contributed by atoms with Crippen LogP contribution in [0.2, 0.25) is 0 Å². The topological polar surface area (TPSA) is 20.2 Å². The standard InChI is InChI=1S/C19H15BrO/c20-16-10-11-17-15(13-16)9-12-19(21)18(17)8-4-7-14-5-2-1-3-6-14/h1-7,9-13,21H,8H2/b7-4+. The monoisotopic (exact) mass is 338 g/mol. The molecule has 3 aromatic rings. The maximum atomic E-state index is 10.1. The van der Waals surface area contributed by atoms with E-state index in [0.29, 0.717) is 12.2 Å². The lowest BCUT2D eigenvalue weighted by Gasteiger charge is -2.07. The van der Waals surface area contributed by atoms with Gasteiger partial charge >= 0.3 is 0 Å². The maximum Gasteiger partial charge on any atom is 0.119 e. The van der Waals surface area contributed by atoms with Crippen molar-refractivity contribution in [1.29, 1.82) is 0 Å². The summed E-state index contributed by atoms with van der Waals surface area (Å²) < 4.78 is 1.05. The first-order valence-electron chi connectivity index (χ1n) is 6.86. The molecule has 0 atom stereocenters. The Balaban J connectivity index is 1.93.